The van der Waals surface area contributed by atoms with Crippen LogP contribution >= 0.6 is 11.3 Å². The first-order valence-electron chi connectivity index (χ1n) is 5.56. The van der Waals surface area contributed by atoms with Crippen LogP contribution in [0.1, 0.15) is 35.0 Å². The number of aromatic carboxylic acids is 1. The molecule has 2 heterocycles. The first kappa shape index (κ1) is 11.3. The van der Waals surface area contributed by atoms with Crippen LogP contribution in [0.5, 0.6) is 5.75 Å². The minimum atomic E-state index is -1.06. The van der Waals surface area contributed by atoms with E-state index in [2.05, 4.69) is 4.98 Å². The summed E-state index contributed by atoms with van der Waals surface area (Å²) in [6.45, 7) is 0. The van der Waals surface area contributed by atoms with Gasteiger partial charge in [0.15, 0.2) is 0 Å². The molecule has 0 amide bonds. The summed E-state index contributed by atoms with van der Waals surface area (Å²) in [4.78, 5) is 16.2. The molecule has 3 rings (SSSR count). The third-order valence-corrected chi connectivity index (χ3v) is 3.73. The quantitative estimate of drug-likeness (QED) is 0.920. The highest BCUT2D eigenvalue weighted by atomic mass is 32.1. The zero-order valence-corrected chi connectivity index (χ0v) is 10.5. The van der Waals surface area contributed by atoms with Crippen LogP contribution in [0.25, 0.3) is 10.8 Å². The van der Waals surface area contributed by atoms with Crippen LogP contribution in [0.15, 0.2) is 15.9 Å². The summed E-state index contributed by atoms with van der Waals surface area (Å²) in [6.07, 6.45) is 1.97. The van der Waals surface area contributed by atoms with Crippen LogP contribution in [0.4, 0.5) is 0 Å². The molecule has 0 saturated heterocycles. The number of hydrogen-bond donors (Lipinski definition) is 1. The minimum absolute atomic E-state index is 0.0279. The normalized spacial score (nSPS) is 14.7. The predicted octanol–water partition coefficient (Wildman–Crippen LogP) is 2.99. The molecule has 94 valence electrons. The van der Waals surface area contributed by atoms with E-state index in [1.165, 1.54) is 11.3 Å². The van der Waals surface area contributed by atoms with Gasteiger partial charge < -0.3 is 14.3 Å². The molecule has 0 atom stereocenters. The second-order valence-corrected chi connectivity index (χ2v) is 5.07. The number of ether oxygens (including phenoxy) is 1. The number of aromatic nitrogens is 1. The summed E-state index contributed by atoms with van der Waals surface area (Å²) in [5.74, 6) is 0.246. The third kappa shape index (κ3) is 1.88. The third-order valence-electron chi connectivity index (χ3n) is 2.83. The van der Waals surface area contributed by atoms with Gasteiger partial charge in [-0.15, -0.1) is 11.3 Å². The lowest BCUT2D eigenvalue weighted by molar-refractivity contribution is 0.0661. The molecule has 2 aromatic heterocycles. The van der Waals surface area contributed by atoms with Gasteiger partial charge in [0.2, 0.25) is 11.7 Å². The molecule has 0 aliphatic heterocycles. The van der Waals surface area contributed by atoms with Crippen molar-refractivity contribution in [3.8, 4) is 16.5 Å². The number of rotatable bonds is 4. The zero-order valence-electron chi connectivity index (χ0n) is 9.67. The summed E-state index contributed by atoms with van der Waals surface area (Å²) in [5.41, 5.74) is 0.574. The van der Waals surface area contributed by atoms with Gasteiger partial charge in [0.1, 0.15) is 5.75 Å². The number of carboxylic acids is 1. The maximum atomic E-state index is 11.1. The van der Waals surface area contributed by atoms with Crippen LogP contribution in [-0.4, -0.2) is 23.2 Å². The molecule has 1 aliphatic carbocycles. The maximum Gasteiger partial charge on any atom is 0.373 e. The SMILES string of the molecule is COc1csc(-c2nc(C3CC3)c(C(=O)O)o2)c1. The Morgan fingerprint density at radius 3 is 2.94 bits per heavy atom. The number of carboxylic acid groups (broad SMARTS) is 1. The molecule has 0 radical (unpaired) electrons. The molecule has 0 unspecified atom stereocenters. The van der Waals surface area contributed by atoms with Crippen LogP contribution in [0.3, 0.4) is 0 Å². The van der Waals surface area contributed by atoms with Gasteiger partial charge >= 0.3 is 5.97 Å². The van der Waals surface area contributed by atoms with E-state index < -0.39 is 5.97 Å². The maximum absolute atomic E-state index is 11.1. The smallest absolute Gasteiger partial charge is 0.373 e. The van der Waals surface area contributed by atoms with E-state index in [4.69, 9.17) is 14.3 Å². The average Bonchev–Trinajstić information content (AvgIpc) is 2.94. The van der Waals surface area contributed by atoms with E-state index in [1.54, 1.807) is 13.2 Å². The van der Waals surface area contributed by atoms with Crippen molar-refractivity contribution in [2.45, 2.75) is 18.8 Å². The van der Waals surface area contributed by atoms with Crippen molar-refractivity contribution in [1.82, 2.24) is 4.98 Å². The van der Waals surface area contributed by atoms with Crippen molar-refractivity contribution in [3.63, 3.8) is 0 Å². The van der Waals surface area contributed by atoms with Crippen LogP contribution in [0, 0.1) is 0 Å². The number of nitrogens with zero attached hydrogens (tertiary/aromatic N) is 1. The summed E-state index contributed by atoms with van der Waals surface area (Å²) < 4.78 is 10.5. The highest BCUT2D eigenvalue weighted by molar-refractivity contribution is 7.13. The first-order chi connectivity index (χ1) is 8.69. The fourth-order valence-electron chi connectivity index (χ4n) is 1.76. The predicted molar refractivity (Wildman–Crippen MR) is 65.3 cm³/mol. The van der Waals surface area contributed by atoms with Gasteiger partial charge in [-0.3, -0.25) is 0 Å². The lowest BCUT2D eigenvalue weighted by Crippen LogP contribution is -1.98. The standard InChI is InChI=1S/C12H11NO4S/c1-16-7-4-8(18-5-7)11-13-9(6-2-3-6)10(17-11)12(14)15/h4-6H,2-3H2,1H3,(H,14,15). The molecule has 1 fully saturated rings. The molecule has 0 bridgehead atoms. The van der Waals surface area contributed by atoms with Crippen LogP contribution < -0.4 is 4.74 Å². The van der Waals surface area contributed by atoms with Crippen molar-refractivity contribution in [2.75, 3.05) is 7.11 Å². The lowest BCUT2D eigenvalue weighted by Gasteiger charge is -1.90. The van der Waals surface area contributed by atoms with Crippen molar-refractivity contribution in [3.05, 3.63) is 22.9 Å². The summed E-state index contributed by atoms with van der Waals surface area (Å²) in [6, 6.07) is 1.79. The van der Waals surface area contributed by atoms with Gasteiger partial charge in [-0.2, -0.15) is 0 Å². The van der Waals surface area contributed by atoms with Crippen LogP contribution in [-0.2, 0) is 0 Å². The highest BCUT2D eigenvalue weighted by Gasteiger charge is 2.33. The van der Waals surface area contributed by atoms with Gasteiger partial charge in [0.25, 0.3) is 0 Å². The summed E-state index contributed by atoms with van der Waals surface area (Å²) in [5, 5.41) is 10.9. The summed E-state index contributed by atoms with van der Waals surface area (Å²) in [7, 11) is 1.58. The molecule has 18 heavy (non-hydrogen) atoms. The van der Waals surface area contributed by atoms with Gasteiger partial charge in [-0.25, -0.2) is 9.78 Å². The zero-order chi connectivity index (χ0) is 12.7. The number of hydrogen-bond acceptors (Lipinski definition) is 5. The average molecular weight is 265 g/mol. The van der Waals surface area contributed by atoms with Gasteiger partial charge in [0.05, 0.1) is 17.7 Å². The highest BCUT2D eigenvalue weighted by Crippen LogP contribution is 2.43. The molecular formula is C12H11NO4S. The second kappa shape index (κ2) is 4.13. The molecular weight excluding hydrogens is 254 g/mol. The van der Waals surface area contributed by atoms with Crippen molar-refractivity contribution < 1.29 is 19.1 Å². The van der Waals surface area contributed by atoms with E-state index in [0.29, 0.717) is 11.6 Å². The Morgan fingerprint density at radius 2 is 2.39 bits per heavy atom. The second-order valence-electron chi connectivity index (χ2n) is 4.16. The summed E-state index contributed by atoms with van der Waals surface area (Å²) >= 11 is 1.42. The van der Waals surface area contributed by atoms with Gasteiger partial charge in [-0.1, -0.05) is 0 Å². The minimum Gasteiger partial charge on any atom is -0.496 e. The Labute approximate surface area is 107 Å². The Kier molecular flexibility index (Phi) is 2.59. The lowest BCUT2D eigenvalue weighted by atomic mass is 10.2. The van der Waals surface area contributed by atoms with Crippen molar-refractivity contribution >= 4 is 17.3 Å². The molecule has 0 aromatic carbocycles. The number of methoxy groups -OCH3 is 1. The topological polar surface area (TPSA) is 72.6 Å². The van der Waals surface area contributed by atoms with Gasteiger partial charge in [0, 0.05) is 17.4 Å². The Hall–Kier alpha value is -1.82. The molecule has 5 nitrogen and oxygen atoms in total. The van der Waals surface area contributed by atoms with Crippen molar-refractivity contribution in [2.24, 2.45) is 0 Å². The monoisotopic (exact) mass is 265 g/mol. The van der Waals surface area contributed by atoms with Crippen LogP contribution in [0.2, 0.25) is 0 Å². The number of thiophene rings is 1. The molecule has 1 N–H and O–H groups in total. The Bertz CT molecular complexity index is 597. The first-order valence-corrected chi connectivity index (χ1v) is 6.44. The van der Waals surface area contributed by atoms with E-state index in [0.717, 1.165) is 23.5 Å². The fraction of sp³-hybridized carbons (Fsp3) is 0.333. The number of oxazole rings is 1. The Morgan fingerprint density at radius 1 is 1.61 bits per heavy atom. The number of carbonyl (C=O) groups is 1. The molecule has 1 aliphatic rings. The van der Waals surface area contributed by atoms with Crippen molar-refractivity contribution in [1.29, 1.82) is 0 Å². The van der Waals surface area contributed by atoms with Gasteiger partial charge in [-0.05, 0) is 12.8 Å². The van der Waals surface area contributed by atoms with E-state index in [-0.39, 0.29) is 11.7 Å². The van der Waals surface area contributed by atoms with E-state index in [1.807, 2.05) is 5.38 Å². The molecule has 0 spiro atoms. The molecule has 6 heteroatoms. The van der Waals surface area contributed by atoms with E-state index in [9.17, 15) is 4.79 Å². The van der Waals surface area contributed by atoms with E-state index >= 15 is 0 Å². The largest absolute Gasteiger partial charge is 0.496 e. The fourth-order valence-corrected chi connectivity index (χ4v) is 2.54. The molecule has 2 aromatic rings. The Balaban J connectivity index is 2.01. The molecule has 1 saturated carbocycles.